The van der Waals surface area contributed by atoms with Crippen LogP contribution in [0.5, 0.6) is 0 Å². The second-order valence-electron chi connectivity index (χ2n) is 6.32. The summed E-state index contributed by atoms with van der Waals surface area (Å²) in [6, 6.07) is 6.12. The first-order chi connectivity index (χ1) is 11.3. The molecule has 24 heavy (non-hydrogen) atoms. The number of amides is 1. The topological polar surface area (TPSA) is 66.9 Å². The number of hydrogen-bond donors (Lipinski definition) is 2. The molecule has 0 atom stereocenters. The van der Waals surface area contributed by atoms with Crippen LogP contribution in [0.2, 0.25) is 0 Å². The van der Waals surface area contributed by atoms with Crippen molar-refractivity contribution in [2.75, 3.05) is 11.1 Å². The van der Waals surface area contributed by atoms with Crippen molar-refractivity contribution in [1.29, 1.82) is 0 Å². The minimum absolute atomic E-state index is 0.0195. The summed E-state index contributed by atoms with van der Waals surface area (Å²) in [5.41, 5.74) is 3.29. The van der Waals surface area contributed by atoms with E-state index in [1.54, 1.807) is 0 Å². The van der Waals surface area contributed by atoms with E-state index in [1.807, 2.05) is 26.0 Å². The summed E-state index contributed by atoms with van der Waals surface area (Å²) >= 11 is 2.87. The van der Waals surface area contributed by atoms with Crippen LogP contribution in [0, 0.1) is 13.8 Å². The highest BCUT2D eigenvalue weighted by Gasteiger charge is 2.18. The van der Waals surface area contributed by atoms with Gasteiger partial charge < -0.3 is 10.6 Å². The van der Waals surface area contributed by atoms with Gasteiger partial charge in [-0.1, -0.05) is 42.2 Å². The van der Waals surface area contributed by atoms with Gasteiger partial charge in [0.2, 0.25) is 11.0 Å². The van der Waals surface area contributed by atoms with Gasteiger partial charge >= 0.3 is 0 Å². The molecule has 1 amide bonds. The van der Waals surface area contributed by atoms with Crippen LogP contribution in [0.15, 0.2) is 22.5 Å². The molecule has 1 aromatic carbocycles. The molecule has 0 aliphatic rings. The third-order valence-corrected chi connectivity index (χ3v) is 5.91. The number of hydrogen-bond acceptors (Lipinski definition) is 6. The predicted octanol–water partition coefficient (Wildman–Crippen LogP) is 4.30. The van der Waals surface area contributed by atoms with Gasteiger partial charge in [0.1, 0.15) is 0 Å². The first-order valence-electron chi connectivity index (χ1n) is 7.91. The molecule has 0 aliphatic heterocycles. The summed E-state index contributed by atoms with van der Waals surface area (Å²) < 4.78 is 0.785. The van der Waals surface area contributed by atoms with Crippen LogP contribution in [0.25, 0.3) is 0 Å². The van der Waals surface area contributed by atoms with E-state index in [2.05, 4.69) is 47.7 Å². The van der Waals surface area contributed by atoms with E-state index < -0.39 is 0 Å². The first kappa shape index (κ1) is 18.7. The zero-order valence-corrected chi connectivity index (χ0v) is 16.4. The number of nitrogens with one attached hydrogen (secondary N) is 2. The highest BCUT2D eigenvalue weighted by molar-refractivity contribution is 8.01. The number of aromatic nitrogens is 2. The summed E-state index contributed by atoms with van der Waals surface area (Å²) in [4.78, 5) is 12.0. The maximum Gasteiger partial charge on any atom is 0.230 e. The lowest BCUT2D eigenvalue weighted by atomic mass is 10.0. The Kier molecular flexibility index (Phi) is 6.23. The number of carbonyl (C=O) groups excluding carboxylic acids is 1. The fourth-order valence-electron chi connectivity index (χ4n) is 1.95. The Morgan fingerprint density at radius 3 is 2.75 bits per heavy atom. The number of rotatable bonds is 7. The standard InChI is InChI=1S/C17H24N4OS2/c1-6-17(4,5)19-14(22)10-23-16-21-20-15(24-16)18-13-9-7-8-11(2)12(13)3/h7-9H,6,10H2,1-5H3,(H,18,20)(H,19,22). The first-order valence-corrected chi connectivity index (χ1v) is 9.71. The number of aryl methyl sites for hydroxylation is 1. The number of carbonyl (C=O) groups is 1. The molecule has 0 unspecified atom stereocenters. The van der Waals surface area contributed by atoms with Crippen molar-refractivity contribution >= 4 is 39.8 Å². The number of thioether (sulfide) groups is 1. The molecule has 0 bridgehead atoms. The number of benzene rings is 1. The third kappa shape index (κ3) is 5.21. The van der Waals surface area contributed by atoms with Crippen LogP contribution in [0.3, 0.4) is 0 Å². The van der Waals surface area contributed by atoms with Crippen molar-refractivity contribution in [3.63, 3.8) is 0 Å². The second kappa shape index (κ2) is 7.98. The molecule has 0 saturated carbocycles. The van der Waals surface area contributed by atoms with Crippen LogP contribution in [-0.2, 0) is 4.79 Å². The molecule has 5 nitrogen and oxygen atoms in total. The van der Waals surface area contributed by atoms with Gasteiger partial charge in [0.05, 0.1) is 5.75 Å². The highest BCUT2D eigenvalue weighted by Crippen LogP contribution is 2.29. The zero-order chi connectivity index (χ0) is 17.7. The molecule has 0 spiro atoms. The monoisotopic (exact) mass is 364 g/mol. The van der Waals surface area contributed by atoms with E-state index in [0.29, 0.717) is 5.75 Å². The Labute approximate surface area is 151 Å². The molecule has 0 aliphatic carbocycles. The zero-order valence-electron chi connectivity index (χ0n) is 14.8. The Morgan fingerprint density at radius 1 is 1.29 bits per heavy atom. The van der Waals surface area contributed by atoms with E-state index in [4.69, 9.17) is 0 Å². The van der Waals surface area contributed by atoms with Gasteiger partial charge in [0.15, 0.2) is 4.34 Å². The molecule has 0 radical (unpaired) electrons. The van der Waals surface area contributed by atoms with Crippen LogP contribution < -0.4 is 10.6 Å². The Balaban J connectivity index is 1.92. The summed E-state index contributed by atoms with van der Waals surface area (Å²) in [6.45, 7) is 10.3. The maximum absolute atomic E-state index is 12.0. The normalized spacial score (nSPS) is 11.4. The molecule has 2 aromatic rings. The molecule has 1 heterocycles. The van der Waals surface area contributed by atoms with E-state index in [0.717, 1.165) is 21.6 Å². The molecular weight excluding hydrogens is 340 g/mol. The summed E-state index contributed by atoms with van der Waals surface area (Å²) in [7, 11) is 0. The summed E-state index contributed by atoms with van der Waals surface area (Å²) in [5, 5.41) is 15.4. The van der Waals surface area contributed by atoms with Gasteiger partial charge in [0, 0.05) is 11.2 Å². The minimum atomic E-state index is -0.172. The summed E-state index contributed by atoms with van der Waals surface area (Å²) in [6.07, 6.45) is 0.895. The lowest BCUT2D eigenvalue weighted by molar-refractivity contribution is -0.120. The van der Waals surface area contributed by atoms with Crippen molar-refractivity contribution < 1.29 is 4.79 Å². The maximum atomic E-state index is 12.0. The molecule has 2 N–H and O–H groups in total. The van der Waals surface area contributed by atoms with Crippen molar-refractivity contribution in [2.24, 2.45) is 0 Å². The highest BCUT2D eigenvalue weighted by atomic mass is 32.2. The van der Waals surface area contributed by atoms with Gasteiger partial charge in [-0.2, -0.15) is 0 Å². The van der Waals surface area contributed by atoms with Crippen molar-refractivity contribution in [3.8, 4) is 0 Å². The molecular formula is C17H24N4OS2. The third-order valence-electron chi connectivity index (χ3n) is 3.94. The SMILES string of the molecule is CCC(C)(C)NC(=O)CSc1nnc(Nc2cccc(C)c2C)s1. The Bertz CT molecular complexity index is 712. The van der Waals surface area contributed by atoms with Gasteiger partial charge in [-0.25, -0.2) is 0 Å². The van der Waals surface area contributed by atoms with Gasteiger partial charge in [-0.05, 0) is 51.3 Å². The molecule has 0 saturated heterocycles. The van der Waals surface area contributed by atoms with E-state index in [9.17, 15) is 4.79 Å². The molecule has 130 valence electrons. The fourth-order valence-corrected chi connectivity index (χ4v) is 3.51. The summed E-state index contributed by atoms with van der Waals surface area (Å²) in [5.74, 6) is 0.368. The average Bonchev–Trinajstić information content (AvgIpc) is 2.97. The Morgan fingerprint density at radius 2 is 2.04 bits per heavy atom. The van der Waals surface area contributed by atoms with Gasteiger partial charge in [0.25, 0.3) is 0 Å². The predicted molar refractivity (Wildman–Crippen MR) is 102 cm³/mol. The molecule has 0 fully saturated rings. The van der Waals surface area contributed by atoms with E-state index >= 15 is 0 Å². The minimum Gasteiger partial charge on any atom is -0.351 e. The van der Waals surface area contributed by atoms with Crippen LogP contribution in [0.1, 0.15) is 38.3 Å². The fraction of sp³-hybridized carbons (Fsp3) is 0.471. The molecule has 2 rings (SSSR count). The van der Waals surface area contributed by atoms with Gasteiger partial charge in [-0.15, -0.1) is 10.2 Å². The van der Waals surface area contributed by atoms with Crippen LogP contribution in [-0.4, -0.2) is 27.4 Å². The molecule has 1 aromatic heterocycles. The smallest absolute Gasteiger partial charge is 0.230 e. The van der Waals surface area contributed by atoms with Crippen molar-refractivity contribution in [1.82, 2.24) is 15.5 Å². The van der Waals surface area contributed by atoms with Gasteiger partial charge in [-0.3, -0.25) is 4.79 Å². The average molecular weight is 365 g/mol. The number of nitrogens with zero attached hydrogens (tertiary/aromatic N) is 2. The van der Waals surface area contributed by atoms with Crippen molar-refractivity contribution in [2.45, 2.75) is 50.9 Å². The van der Waals surface area contributed by atoms with E-state index in [1.165, 1.54) is 34.2 Å². The Hall–Kier alpha value is -1.60. The second-order valence-corrected chi connectivity index (χ2v) is 8.52. The lowest BCUT2D eigenvalue weighted by Gasteiger charge is -2.24. The van der Waals surface area contributed by atoms with Crippen molar-refractivity contribution in [3.05, 3.63) is 29.3 Å². The number of anilines is 2. The largest absolute Gasteiger partial charge is 0.351 e. The van der Waals surface area contributed by atoms with Crippen LogP contribution in [0.4, 0.5) is 10.8 Å². The van der Waals surface area contributed by atoms with E-state index in [-0.39, 0.29) is 11.4 Å². The molecule has 7 heteroatoms. The van der Waals surface area contributed by atoms with Crippen LogP contribution >= 0.6 is 23.1 Å². The lowest BCUT2D eigenvalue weighted by Crippen LogP contribution is -2.43. The quantitative estimate of drug-likeness (QED) is 0.717.